The molecule has 2 aliphatic heterocycles. The zero-order valence-corrected chi connectivity index (χ0v) is 11.4. The number of Topliss-reactive ketones (excluding diaryl/α,β-unsaturated/α-hetero) is 1. The van der Waals surface area contributed by atoms with Crippen LogP contribution in [0.25, 0.3) is 0 Å². The molecule has 5 nitrogen and oxygen atoms in total. The van der Waals surface area contributed by atoms with Crippen LogP contribution in [0.3, 0.4) is 0 Å². The molecule has 3 atom stereocenters. The van der Waals surface area contributed by atoms with Crippen LogP contribution in [0.15, 0.2) is 11.2 Å². The summed E-state index contributed by atoms with van der Waals surface area (Å²) in [5.74, 6) is -0.127. The minimum absolute atomic E-state index is 0.127. The zero-order valence-electron chi connectivity index (χ0n) is 10.6. The molecule has 108 valence electrons. The average Bonchev–Trinajstić information content (AvgIpc) is 2.81. The van der Waals surface area contributed by atoms with Crippen LogP contribution in [-0.4, -0.2) is 40.0 Å². The molecule has 2 bridgehead atoms. The highest BCUT2D eigenvalue weighted by molar-refractivity contribution is 7.99. The lowest BCUT2D eigenvalue weighted by molar-refractivity contribution is -0.151. The summed E-state index contributed by atoms with van der Waals surface area (Å²) in [6.07, 6.45) is -3.34. The molecule has 0 aromatic carbocycles. The number of carbonyl (C=O) groups excluding carboxylic acids is 1. The quantitative estimate of drug-likeness (QED) is 0.795. The van der Waals surface area contributed by atoms with E-state index in [1.165, 1.54) is 17.8 Å². The van der Waals surface area contributed by atoms with Crippen molar-refractivity contribution in [2.45, 2.75) is 42.6 Å². The second-order valence-corrected chi connectivity index (χ2v) is 5.89. The van der Waals surface area contributed by atoms with Crippen LogP contribution in [0.4, 0.5) is 8.78 Å². The number of thioether (sulfide) groups is 1. The molecular formula is C12H12F2N2O3S. The number of nitrogens with zero attached hydrogens (tertiary/aromatic N) is 2. The number of fused-ring (bicyclic) bond motifs is 2. The standard InChI is InChI=1S/C12H12F2N2O3S/c1-5-2-6(10(13)14)16-12(15-5)20-9-3-7(17)11-18-4-8(9)19-11/h2,8-11H,3-4H2,1H3/t8-,9+,11+/m1/s1. The maximum absolute atomic E-state index is 12.7. The van der Waals surface area contributed by atoms with Gasteiger partial charge in [-0.3, -0.25) is 4.79 Å². The first-order chi connectivity index (χ1) is 9.52. The Labute approximate surface area is 118 Å². The highest BCUT2D eigenvalue weighted by Gasteiger charge is 2.43. The van der Waals surface area contributed by atoms with Crippen LogP contribution in [0, 0.1) is 6.92 Å². The van der Waals surface area contributed by atoms with E-state index in [4.69, 9.17) is 9.47 Å². The van der Waals surface area contributed by atoms with Gasteiger partial charge in [0.1, 0.15) is 5.69 Å². The van der Waals surface area contributed by atoms with Crippen molar-refractivity contribution in [2.75, 3.05) is 6.61 Å². The number of hydrogen-bond acceptors (Lipinski definition) is 6. The van der Waals surface area contributed by atoms with Crippen LogP contribution in [0.5, 0.6) is 0 Å². The first-order valence-electron chi connectivity index (χ1n) is 6.13. The molecule has 3 heterocycles. The lowest BCUT2D eigenvalue weighted by Crippen LogP contribution is -2.37. The highest BCUT2D eigenvalue weighted by Crippen LogP contribution is 2.35. The fraction of sp³-hybridized carbons (Fsp3) is 0.583. The molecule has 1 aromatic rings. The van der Waals surface area contributed by atoms with Gasteiger partial charge < -0.3 is 9.47 Å². The van der Waals surface area contributed by atoms with Gasteiger partial charge in [0.25, 0.3) is 6.43 Å². The molecule has 3 rings (SSSR count). The van der Waals surface area contributed by atoms with Crippen molar-refractivity contribution in [3.63, 3.8) is 0 Å². The van der Waals surface area contributed by atoms with Gasteiger partial charge in [0.2, 0.25) is 6.29 Å². The van der Waals surface area contributed by atoms with E-state index in [2.05, 4.69) is 9.97 Å². The molecule has 2 aliphatic rings. The Balaban J connectivity index is 1.79. The van der Waals surface area contributed by atoms with E-state index in [0.717, 1.165) is 0 Å². The molecule has 8 heteroatoms. The van der Waals surface area contributed by atoms with Crippen molar-refractivity contribution in [2.24, 2.45) is 0 Å². The maximum atomic E-state index is 12.7. The monoisotopic (exact) mass is 302 g/mol. The van der Waals surface area contributed by atoms with Gasteiger partial charge in [0, 0.05) is 17.4 Å². The molecule has 0 unspecified atom stereocenters. The second kappa shape index (κ2) is 5.34. The average molecular weight is 302 g/mol. The fourth-order valence-corrected chi connectivity index (χ4v) is 3.36. The van der Waals surface area contributed by atoms with Crippen LogP contribution in [-0.2, 0) is 14.3 Å². The van der Waals surface area contributed by atoms with E-state index >= 15 is 0 Å². The van der Waals surface area contributed by atoms with Crippen molar-refractivity contribution in [1.29, 1.82) is 0 Å². The third-order valence-corrected chi connectivity index (χ3v) is 4.29. The van der Waals surface area contributed by atoms with Gasteiger partial charge in [0.05, 0.1) is 12.7 Å². The third-order valence-electron chi connectivity index (χ3n) is 3.12. The summed E-state index contributed by atoms with van der Waals surface area (Å²) < 4.78 is 36.0. The van der Waals surface area contributed by atoms with E-state index in [9.17, 15) is 13.6 Å². The van der Waals surface area contributed by atoms with E-state index in [-0.39, 0.29) is 34.4 Å². The number of hydrogen-bond donors (Lipinski definition) is 0. The molecule has 2 fully saturated rings. The number of ketones is 1. The summed E-state index contributed by atoms with van der Waals surface area (Å²) in [7, 11) is 0. The molecular weight excluding hydrogens is 290 g/mol. The number of carbonyl (C=O) groups is 1. The SMILES string of the molecule is Cc1cc(C(F)F)nc(S[C@H]2CC(=O)[C@H]3OC[C@H]2O3)n1. The minimum Gasteiger partial charge on any atom is -0.343 e. The largest absolute Gasteiger partial charge is 0.343 e. The van der Waals surface area contributed by atoms with Crippen LogP contribution < -0.4 is 0 Å². The lowest BCUT2D eigenvalue weighted by Gasteiger charge is -2.25. The molecule has 1 aromatic heterocycles. The molecule has 0 amide bonds. The highest BCUT2D eigenvalue weighted by atomic mass is 32.2. The number of ether oxygens (including phenoxy) is 2. The molecule has 0 spiro atoms. The topological polar surface area (TPSA) is 61.3 Å². The zero-order chi connectivity index (χ0) is 14.3. The van der Waals surface area contributed by atoms with Gasteiger partial charge in [-0.15, -0.1) is 0 Å². The van der Waals surface area contributed by atoms with Crippen LogP contribution in [0.1, 0.15) is 24.2 Å². The Kier molecular flexibility index (Phi) is 3.70. The van der Waals surface area contributed by atoms with Crippen molar-refractivity contribution in [3.8, 4) is 0 Å². The van der Waals surface area contributed by atoms with Crippen molar-refractivity contribution in [1.82, 2.24) is 9.97 Å². The van der Waals surface area contributed by atoms with Crippen molar-refractivity contribution >= 4 is 17.5 Å². The van der Waals surface area contributed by atoms with Gasteiger partial charge in [-0.2, -0.15) is 0 Å². The molecule has 0 radical (unpaired) electrons. The summed E-state index contributed by atoms with van der Waals surface area (Å²) >= 11 is 1.19. The second-order valence-electron chi connectivity index (χ2n) is 4.68. The van der Waals surface area contributed by atoms with Gasteiger partial charge in [-0.1, -0.05) is 11.8 Å². The Morgan fingerprint density at radius 2 is 2.25 bits per heavy atom. The number of aromatic nitrogens is 2. The Morgan fingerprint density at radius 3 is 3.00 bits per heavy atom. The van der Waals surface area contributed by atoms with E-state index < -0.39 is 12.7 Å². The van der Waals surface area contributed by atoms with E-state index in [0.29, 0.717) is 12.3 Å². The third kappa shape index (κ3) is 2.68. The van der Waals surface area contributed by atoms with Crippen molar-refractivity contribution < 1.29 is 23.0 Å². The summed E-state index contributed by atoms with van der Waals surface area (Å²) in [5, 5.41) is 0.0422. The number of halogens is 2. The first kappa shape index (κ1) is 13.8. The van der Waals surface area contributed by atoms with Gasteiger partial charge in [-0.05, 0) is 13.0 Å². The predicted molar refractivity (Wildman–Crippen MR) is 65.6 cm³/mol. The molecule has 0 saturated carbocycles. The van der Waals surface area contributed by atoms with Crippen LogP contribution in [0.2, 0.25) is 0 Å². The number of alkyl halides is 2. The molecule has 20 heavy (non-hydrogen) atoms. The Hall–Kier alpha value is -1.12. The summed E-state index contributed by atoms with van der Waals surface area (Å²) in [5.41, 5.74) is 0.171. The summed E-state index contributed by atoms with van der Waals surface area (Å²) in [6.45, 7) is 1.97. The summed E-state index contributed by atoms with van der Waals surface area (Å²) in [6, 6.07) is 1.26. The smallest absolute Gasteiger partial charge is 0.280 e. The van der Waals surface area contributed by atoms with Crippen molar-refractivity contribution in [3.05, 3.63) is 17.5 Å². The Bertz CT molecular complexity index is 543. The van der Waals surface area contributed by atoms with E-state index in [1.807, 2.05) is 0 Å². The van der Waals surface area contributed by atoms with Gasteiger partial charge in [0.15, 0.2) is 10.9 Å². The normalized spacial score (nSPS) is 29.2. The molecule has 0 N–H and O–H groups in total. The fourth-order valence-electron chi connectivity index (χ4n) is 2.19. The minimum atomic E-state index is -2.64. The molecule has 0 aliphatic carbocycles. The summed E-state index contributed by atoms with van der Waals surface area (Å²) in [4.78, 5) is 19.6. The van der Waals surface area contributed by atoms with Gasteiger partial charge >= 0.3 is 0 Å². The first-order valence-corrected chi connectivity index (χ1v) is 7.01. The predicted octanol–water partition coefficient (Wildman–Crippen LogP) is 1.90. The maximum Gasteiger partial charge on any atom is 0.280 e. The Morgan fingerprint density at radius 1 is 1.45 bits per heavy atom. The number of aryl methyl sites for hydroxylation is 1. The van der Waals surface area contributed by atoms with E-state index in [1.54, 1.807) is 6.92 Å². The molecule has 2 saturated heterocycles. The van der Waals surface area contributed by atoms with Gasteiger partial charge in [-0.25, -0.2) is 18.7 Å². The lowest BCUT2D eigenvalue weighted by atomic mass is 10.1. The number of rotatable bonds is 3. The van der Waals surface area contributed by atoms with Crippen LogP contribution >= 0.6 is 11.8 Å².